The average Bonchev–Trinajstić information content (AvgIpc) is 3.50. The summed E-state index contributed by atoms with van der Waals surface area (Å²) in [5.41, 5.74) is 1.11. The van der Waals surface area contributed by atoms with Crippen LogP contribution in [0, 0.1) is 5.92 Å². The van der Waals surface area contributed by atoms with Gasteiger partial charge in [0.1, 0.15) is 0 Å². The molecule has 12 heteroatoms. The van der Waals surface area contributed by atoms with E-state index in [0.29, 0.717) is 105 Å². The van der Waals surface area contributed by atoms with Crippen LogP contribution in [-0.4, -0.2) is 128 Å². The molecule has 3 heterocycles. The molecule has 1 amide bonds. The molecule has 0 aliphatic carbocycles. The van der Waals surface area contributed by atoms with Gasteiger partial charge in [-0.25, -0.2) is 0 Å². The number of aliphatic hydroxyl groups is 1. The van der Waals surface area contributed by atoms with Crippen molar-refractivity contribution in [3.05, 3.63) is 34.2 Å². The Balaban J connectivity index is 1.69. The number of carbonyl (C=O) groups is 1. The fourth-order valence-corrected chi connectivity index (χ4v) is 5.17. The largest absolute Gasteiger partial charge is 0.459 e. The topological polar surface area (TPSA) is 114 Å². The van der Waals surface area contributed by atoms with Crippen LogP contribution < -0.4 is 0 Å². The quantitative estimate of drug-likeness (QED) is 0.365. The van der Waals surface area contributed by atoms with Gasteiger partial charge in [-0.3, -0.25) is 4.79 Å². The Morgan fingerprint density at radius 1 is 0.950 bits per heavy atom. The minimum Gasteiger partial charge on any atom is -0.459 e. The van der Waals surface area contributed by atoms with Gasteiger partial charge in [-0.1, -0.05) is 0 Å². The fourth-order valence-electron chi connectivity index (χ4n) is 4.46. The van der Waals surface area contributed by atoms with Gasteiger partial charge in [0.05, 0.1) is 79.3 Å². The summed E-state index contributed by atoms with van der Waals surface area (Å²) in [6.07, 6.45) is 2.00. The Labute approximate surface area is 241 Å². The highest BCUT2D eigenvalue weighted by Crippen LogP contribution is 2.39. The summed E-state index contributed by atoms with van der Waals surface area (Å²) < 4.78 is 45.7. The van der Waals surface area contributed by atoms with Crippen molar-refractivity contribution in [2.75, 3.05) is 106 Å². The van der Waals surface area contributed by atoms with E-state index in [0.717, 1.165) is 5.56 Å². The molecule has 1 saturated heterocycles. The van der Waals surface area contributed by atoms with Crippen molar-refractivity contribution in [2.24, 2.45) is 5.92 Å². The molecule has 0 bridgehead atoms. The lowest BCUT2D eigenvalue weighted by Crippen LogP contribution is -2.43. The molecule has 3 atom stereocenters. The second kappa shape index (κ2) is 20.3. The molecule has 1 fully saturated rings. The van der Waals surface area contributed by atoms with Crippen molar-refractivity contribution in [1.29, 1.82) is 0 Å². The van der Waals surface area contributed by atoms with Gasteiger partial charge in [-0.15, -0.1) is 0 Å². The second-order valence-corrected chi connectivity index (χ2v) is 9.98. The van der Waals surface area contributed by atoms with E-state index in [4.69, 9.17) is 43.0 Å². The van der Waals surface area contributed by atoms with Gasteiger partial charge >= 0.3 is 0 Å². The van der Waals surface area contributed by atoms with E-state index in [-0.39, 0.29) is 30.1 Å². The second-order valence-electron chi connectivity index (χ2n) is 9.20. The number of allylic oxidation sites excluding steroid dienone is 1. The van der Waals surface area contributed by atoms with Crippen molar-refractivity contribution in [3.8, 4) is 0 Å². The lowest BCUT2D eigenvalue weighted by molar-refractivity contribution is -0.172. The minimum atomic E-state index is -0.599. The molecule has 3 rings (SSSR count). The number of hydrogen-bond donors (Lipinski definition) is 1. The number of thiophene rings is 1. The molecule has 2 aliphatic heterocycles. The zero-order chi connectivity index (χ0) is 28.3. The molecule has 0 aromatic carbocycles. The molecule has 0 spiro atoms. The molecule has 1 N–H and O–H groups in total. The number of nitrogens with zero attached hydrogens (tertiary/aromatic N) is 1. The SMILES string of the molecule is CCOC1OC(C(=O)N2CCOCCOCCOCCOCC2)=CC(c2ccsc2)C1CCOCCOCCO. The van der Waals surface area contributed by atoms with Crippen LogP contribution in [0.2, 0.25) is 0 Å². The summed E-state index contributed by atoms with van der Waals surface area (Å²) in [6.45, 7) is 8.43. The number of amides is 1. The summed E-state index contributed by atoms with van der Waals surface area (Å²) >= 11 is 1.62. The Morgan fingerprint density at radius 2 is 1.57 bits per heavy atom. The summed E-state index contributed by atoms with van der Waals surface area (Å²) in [6, 6.07) is 2.08. The number of hydrogen-bond acceptors (Lipinski definition) is 11. The maximum absolute atomic E-state index is 13.8. The lowest BCUT2D eigenvalue weighted by atomic mass is 9.82. The fraction of sp³-hybridized carbons (Fsp3) is 0.750. The van der Waals surface area contributed by atoms with Crippen molar-refractivity contribution < 1.29 is 47.8 Å². The van der Waals surface area contributed by atoms with E-state index in [2.05, 4.69) is 11.4 Å². The molecular formula is C28H45NO10S. The highest BCUT2D eigenvalue weighted by Gasteiger charge is 2.39. The third kappa shape index (κ3) is 11.7. The van der Waals surface area contributed by atoms with Crippen LogP contribution in [0.5, 0.6) is 0 Å². The van der Waals surface area contributed by atoms with E-state index in [1.54, 1.807) is 16.2 Å². The first-order valence-electron chi connectivity index (χ1n) is 14.1. The summed E-state index contributed by atoms with van der Waals surface area (Å²) in [4.78, 5) is 15.5. The van der Waals surface area contributed by atoms with Crippen molar-refractivity contribution in [3.63, 3.8) is 0 Å². The Hall–Kier alpha value is -1.61. The number of ether oxygens (including phenoxy) is 8. The van der Waals surface area contributed by atoms with Crippen molar-refractivity contribution in [2.45, 2.75) is 25.6 Å². The van der Waals surface area contributed by atoms with Crippen LogP contribution in [0.15, 0.2) is 28.7 Å². The van der Waals surface area contributed by atoms with Gasteiger partial charge in [-0.2, -0.15) is 11.3 Å². The molecule has 1 aromatic heterocycles. The number of rotatable bonds is 12. The standard InChI is InChI=1S/C28H45NO10S/c1-2-38-28-24(3-8-32-12-15-35-11-7-30)25(23-4-20-40-22-23)21-26(39-28)27(31)29-5-9-33-13-16-36-18-19-37-17-14-34-10-6-29/h4,20-22,24-25,28,30H,2-3,5-19H2,1H3. The molecule has 3 unspecified atom stereocenters. The monoisotopic (exact) mass is 587 g/mol. The Morgan fingerprint density at radius 3 is 2.15 bits per heavy atom. The minimum absolute atomic E-state index is 0.00738. The molecule has 40 heavy (non-hydrogen) atoms. The molecule has 2 aliphatic rings. The van der Waals surface area contributed by atoms with Crippen LogP contribution in [0.1, 0.15) is 24.8 Å². The Bertz CT molecular complexity index is 808. The summed E-state index contributed by atoms with van der Waals surface area (Å²) in [7, 11) is 0. The molecule has 228 valence electrons. The molecule has 0 saturated carbocycles. The number of carbonyl (C=O) groups excluding carboxylic acids is 1. The van der Waals surface area contributed by atoms with Crippen LogP contribution in [0.4, 0.5) is 0 Å². The maximum Gasteiger partial charge on any atom is 0.288 e. The van der Waals surface area contributed by atoms with Crippen LogP contribution in [-0.2, 0) is 42.7 Å². The van der Waals surface area contributed by atoms with Gasteiger partial charge in [0, 0.05) is 38.1 Å². The normalized spacial score (nSPS) is 24.0. The van der Waals surface area contributed by atoms with Crippen LogP contribution in [0.3, 0.4) is 0 Å². The third-order valence-electron chi connectivity index (χ3n) is 6.47. The molecule has 1 aromatic rings. The Kier molecular flexibility index (Phi) is 16.7. The van der Waals surface area contributed by atoms with E-state index < -0.39 is 6.29 Å². The molecule has 11 nitrogen and oxygen atoms in total. The zero-order valence-corrected chi connectivity index (χ0v) is 24.4. The van der Waals surface area contributed by atoms with Gasteiger partial charge in [0.15, 0.2) is 5.76 Å². The zero-order valence-electron chi connectivity index (χ0n) is 23.5. The van der Waals surface area contributed by atoms with E-state index in [1.807, 2.05) is 18.4 Å². The van der Waals surface area contributed by atoms with Crippen LogP contribution in [0.25, 0.3) is 0 Å². The predicted octanol–water partition coefficient (Wildman–Crippen LogP) is 2.05. The highest BCUT2D eigenvalue weighted by atomic mass is 32.1. The van der Waals surface area contributed by atoms with Crippen molar-refractivity contribution in [1.82, 2.24) is 4.90 Å². The van der Waals surface area contributed by atoms with Crippen molar-refractivity contribution >= 4 is 17.2 Å². The maximum atomic E-state index is 13.8. The van der Waals surface area contributed by atoms with E-state index in [9.17, 15) is 4.79 Å². The van der Waals surface area contributed by atoms with Gasteiger partial charge in [-0.05, 0) is 41.8 Å². The smallest absolute Gasteiger partial charge is 0.288 e. The molecule has 0 radical (unpaired) electrons. The lowest BCUT2D eigenvalue weighted by Gasteiger charge is -2.37. The van der Waals surface area contributed by atoms with Gasteiger partial charge in [0.2, 0.25) is 6.29 Å². The highest BCUT2D eigenvalue weighted by molar-refractivity contribution is 7.08. The van der Waals surface area contributed by atoms with E-state index >= 15 is 0 Å². The van der Waals surface area contributed by atoms with Gasteiger partial charge < -0.3 is 47.9 Å². The summed E-state index contributed by atoms with van der Waals surface area (Å²) in [5, 5.41) is 13.0. The first kappa shape index (κ1) is 32.9. The third-order valence-corrected chi connectivity index (χ3v) is 7.17. The first-order valence-corrected chi connectivity index (χ1v) is 15.1. The van der Waals surface area contributed by atoms with Crippen LogP contribution >= 0.6 is 11.3 Å². The number of aliphatic hydroxyl groups excluding tert-OH is 1. The average molecular weight is 588 g/mol. The molecular weight excluding hydrogens is 542 g/mol. The summed E-state index contributed by atoms with van der Waals surface area (Å²) in [5.74, 6) is -0.0625. The van der Waals surface area contributed by atoms with E-state index in [1.165, 1.54) is 0 Å². The van der Waals surface area contributed by atoms with Gasteiger partial charge in [0.25, 0.3) is 5.91 Å². The first-order chi connectivity index (χ1) is 19.7. The predicted molar refractivity (Wildman–Crippen MR) is 148 cm³/mol.